The van der Waals surface area contributed by atoms with E-state index in [1.54, 1.807) is 0 Å². The van der Waals surface area contributed by atoms with Crippen molar-refractivity contribution >= 4 is 23.9 Å². The molecule has 0 aliphatic heterocycles. The summed E-state index contributed by atoms with van der Waals surface area (Å²) in [5.74, 6) is -0.991. The highest BCUT2D eigenvalue weighted by molar-refractivity contribution is 7.97. The fourth-order valence-electron chi connectivity index (χ4n) is 1.69. The molecule has 0 aromatic heterocycles. The molecule has 0 radical (unpaired) electrons. The molecule has 0 atom stereocenters. The van der Waals surface area contributed by atoms with Gasteiger partial charge in [0.15, 0.2) is 0 Å². The van der Waals surface area contributed by atoms with Gasteiger partial charge >= 0.3 is 6.03 Å². The number of nitrogens with zero attached hydrogens (tertiary/aromatic N) is 1. The summed E-state index contributed by atoms with van der Waals surface area (Å²) in [6, 6.07) is 13.9. The van der Waals surface area contributed by atoms with Crippen LogP contribution in [-0.2, 0) is 0 Å². The van der Waals surface area contributed by atoms with Crippen molar-refractivity contribution in [2.45, 2.75) is 11.8 Å². The molecule has 0 bridgehead atoms. The van der Waals surface area contributed by atoms with E-state index in [9.17, 15) is 14.0 Å². The van der Waals surface area contributed by atoms with Crippen LogP contribution in [0.25, 0.3) is 0 Å². The normalized spacial score (nSPS) is 10.1. The van der Waals surface area contributed by atoms with Crippen LogP contribution in [0.3, 0.4) is 0 Å². The third kappa shape index (κ3) is 4.33. The Kier molecular flexibility index (Phi) is 5.55. The van der Waals surface area contributed by atoms with E-state index in [4.69, 9.17) is 0 Å². The van der Waals surface area contributed by atoms with Gasteiger partial charge in [-0.1, -0.05) is 18.2 Å². The second-order valence-electron chi connectivity index (χ2n) is 4.37. The molecule has 0 heterocycles. The van der Waals surface area contributed by atoms with E-state index < -0.39 is 17.8 Å². The average molecular weight is 318 g/mol. The van der Waals surface area contributed by atoms with E-state index in [2.05, 4.69) is 5.32 Å². The van der Waals surface area contributed by atoms with Crippen molar-refractivity contribution in [1.82, 2.24) is 9.62 Å². The molecule has 0 saturated heterocycles. The van der Waals surface area contributed by atoms with Crippen LogP contribution in [-0.4, -0.2) is 22.8 Å². The second-order valence-corrected chi connectivity index (χ2v) is 5.46. The van der Waals surface area contributed by atoms with Crippen LogP contribution < -0.4 is 5.32 Å². The number of hydrogen-bond donors (Lipinski definition) is 1. The first-order valence-electron chi connectivity index (χ1n) is 6.71. The summed E-state index contributed by atoms with van der Waals surface area (Å²) in [5.41, 5.74) is 0.232. The first kappa shape index (κ1) is 16.0. The highest BCUT2D eigenvalue weighted by atomic mass is 32.2. The standard InChI is InChI=1S/C16H15FN2O2S/c1-2-19(22-14-6-4-3-5-7-14)16(21)18-15(20)12-8-10-13(17)11-9-12/h3-11H,2H2,1H3,(H,18,20,21). The Labute approximate surface area is 132 Å². The highest BCUT2D eigenvalue weighted by Crippen LogP contribution is 2.21. The van der Waals surface area contributed by atoms with Gasteiger partial charge in [0.05, 0.1) is 0 Å². The molecule has 4 nitrogen and oxygen atoms in total. The van der Waals surface area contributed by atoms with E-state index in [0.717, 1.165) is 4.90 Å². The Morgan fingerprint density at radius 2 is 1.73 bits per heavy atom. The molecule has 0 unspecified atom stereocenters. The Morgan fingerprint density at radius 1 is 1.09 bits per heavy atom. The molecule has 0 spiro atoms. The van der Waals surface area contributed by atoms with Crippen LogP contribution in [0, 0.1) is 5.82 Å². The Morgan fingerprint density at radius 3 is 2.32 bits per heavy atom. The molecule has 2 aromatic carbocycles. The zero-order valence-electron chi connectivity index (χ0n) is 12.0. The van der Waals surface area contributed by atoms with Gasteiger partial charge in [0.25, 0.3) is 5.91 Å². The lowest BCUT2D eigenvalue weighted by Crippen LogP contribution is -2.39. The third-order valence-corrected chi connectivity index (χ3v) is 3.93. The molecule has 114 valence electrons. The van der Waals surface area contributed by atoms with E-state index in [-0.39, 0.29) is 5.56 Å². The number of halogens is 1. The number of benzene rings is 2. The summed E-state index contributed by atoms with van der Waals surface area (Å²) in [7, 11) is 0. The van der Waals surface area contributed by atoms with Gasteiger partial charge in [0.2, 0.25) is 0 Å². The molecule has 1 N–H and O–H groups in total. The van der Waals surface area contributed by atoms with Crippen molar-refractivity contribution < 1.29 is 14.0 Å². The number of rotatable bonds is 4. The van der Waals surface area contributed by atoms with Crippen LogP contribution in [0.2, 0.25) is 0 Å². The van der Waals surface area contributed by atoms with Crippen LogP contribution in [0.4, 0.5) is 9.18 Å². The van der Waals surface area contributed by atoms with Gasteiger partial charge in [-0.3, -0.25) is 14.4 Å². The van der Waals surface area contributed by atoms with Gasteiger partial charge < -0.3 is 0 Å². The predicted octanol–water partition coefficient (Wildman–Crippen LogP) is 3.70. The minimum atomic E-state index is -0.558. The fraction of sp³-hybridized carbons (Fsp3) is 0.125. The van der Waals surface area contributed by atoms with E-state index in [1.165, 1.54) is 40.5 Å². The van der Waals surface area contributed by atoms with Crippen LogP contribution in [0.15, 0.2) is 59.5 Å². The number of urea groups is 1. The summed E-state index contributed by atoms with van der Waals surface area (Å²) >= 11 is 1.25. The minimum Gasteiger partial charge on any atom is -0.273 e. The van der Waals surface area contributed by atoms with Crippen molar-refractivity contribution in [3.63, 3.8) is 0 Å². The van der Waals surface area contributed by atoms with Gasteiger partial charge in [-0.2, -0.15) is 0 Å². The van der Waals surface area contributed by atoms with Crippen molar-refractivity contribution in [1.29, 1.82) is 0 Å². The summed E-state index contributed by atoms with van der Waals surface area (Å²) in [4.78, 5) is 25.0. The molecular weight excluding hydrogens is 303 g/mol. The lowest BCUT2D eigenvalue weighted by Gasteiger charge is -2.19. The molecule has 0 saturated carbocycles. The maximum absolute atomic E-state index is 12.8. The third-order valence-electron chi connectivity index (χ3n) is 2.80. The minimum absolute atomic E-state index is 0.232. The Balaban J connectivity index is 2.00. The lowest BCUT2D eigenvalue weighted by atomic mass is 10.2. The lowest BCUT2D eigenvalue weighted by molar-refractivity contribution is 0.0960. The van der Waals surface area contributed by atoms with Gasteiger partial charge in [-0.05, 0) is 55.3 Å². The number of nitrogens with one attached hydrogen (secondary N) is 1. The van der Waals surface area contributed by atoms with Crippen LogP contribution >= 0.6 is 11.9 Å². The largest absolute Gasteiger partial charge is 0.334 e. The van der Waals surface area contributed by atoms with E-state index in [0.29, 0.717) is 6.54 Å². The maximum Gasteiger partial charge on any atom is 0.334 e. The number of carbonyl (C=O) groups is 2. The van der Waals surface area contributed by atoms with E-state index in [1.807, 2.05) is 37.3 Å². The zero-order chi connectivity index (χ0) is 15.9. The molecule has 22 heavy (non-hydrogen) atoms. The van der Waals surface area contributed by atoms with Gasteiger partial charge in [0, 0.05) is 17.0 Å². The molecule has 6 heteroatoms. The van der Waals surface area contributed by atoms with Crippen LogP contribution in [0.1, 0.15) is 17.3 Å². The van der Waals surface area contributed by atoms with Crippen molar-refractivity contribution in [3.05, 3.63) is 66.0 Å². The van der Waals surface area contributed by atoms with E-state index >= 15 is 0 Å². The summed E-state index contributed by atoms with van der Waals surface area (Å²) in [6.45, 7) is 2.25. The Bertz CT molecular complexity index is 647. The van der Waals surface area contributed by atoms with Crippen molar-refractivity contribution in [2.24, 2.45) is 0 Å². The summed E-state index contributed by atoms with van der Waals surface area (Å²) < 4.78 is 14.3. The fourth-order valence-corrected chi connectivity index (χ4v) is 2.48. The molecule has 0 aliphatic rings. The van der Waals surface area contributed by atoms with Gasteiger partial charge in [-0.25, -0.2) is 9.18 Å². The molecule has 0 aliphatic carbocycles. The number of imide groups is 1. The molecule has 0 fully saturated rings. The topological polar surface area (TPSA) is 49.4 Å². The average Bonchev–Trinajstić information content (AvgIpc) is 2.54. The molecule has 2 rings (SSSR count). The molecule has 3 amide bonds. The molecule has 2 aromatic rings. The van der Waals surface area contributed by atoms with Gasteiger partial charge in [-0.15, -0.1) is 0 Å². The second kappa shape index (κ2) is 7.61. The quantitative estimate of drug-likeness (QED) is 0.874. The summed E-state index contributed by atoms with van der Waals surface area (Å²) in [6.07, 6.45) is 0. The smallest absolute Gasteiger partial charge is 0.273 e. The summed E-state index contributed by atoms with van der Waals surface area (Å²) in [5, 5.41) is 2.29. The zero-order valence-corrected chi connectivity index (χ0v) is 12.8. The van der Waals surface area contributed by atoms with Crippen molar-refractivity contribution in [3.8, 4) is 0 Å². The van der Waals surface area contributed by atoms with Crippen LogP contribution in [0.5, 0.6) is 0 Å². The van der Waals surface area contributed by atoms with Gasteiger partial charge in [0.1, 0.15) is 5.82 Å². The Hall–Kier alpha value is -2.34. The first-order chi connectivity index (χ1) is 10.6. The SMILES string of the molecule is CCN(Sc1ccccc1)C(=O)NC(=O)c1ccc(F)cc1. The highest BCUT2D eigenvalue weighted by Gasteiger charge is 2.17. The predicted molar refractivity (Wildman–Crippen MR) is 83.9 cm³/mol. The monoisotopic (exact) mass is 318 g/mol. The first-order valence-corrected chi connectivity index (χ1v) is 7.49. The molecular formula is C16H15FN2O2S. The van der Waals surface area contributed by atoms with Crippen molar-refractivity contribution in [2.75, 3.05) is 6.54 Å². The maximum atomic E-state index is 12.8. The number of amides is 3. The number of carbonyl (C=O) groups excluding carboxylic acids is 2. The number of hydrogen-bond acceptors (Lipinski definition) is 3.